The largest absolute Gasteiger partial charge is 0.447 e. The van der Waals surface area contributed by atoms with E-state index in [-0.39, 0.29) is 18.2 Å². The lowest BCUT2D eigenvalue weighted by Gasteiger charge is -2.38. The zero-order valence-corrected chi connectivity index (χ0v) is 12.7. The predicted octanol–water partition coefficient (Wildman–Crippen LogP) is 1.72. The SMILES string of the molecule is O=C(OCC1CCCCO1)N1CC(n2cc(C3CC3)nn2)C1. The van der Waals surface area contributed by atoms with Crippen molar-refractivity contribution in [1.29, 1.82) is 0 Å². The van der Waals surface area contributed by atoms with Gasteiger partial charge in [-0.1, -0.05) is 5.21 Å². The van der Waals surface area contributed by atoms with Gasteiger partial charge in [-0.05, 0) is 32.1 Å². The molecule has 3 heterocycles. The number of hydrogen-bond acceptors (Lipinski definition) is 5. The van der Waals surface area contributed by atoms with E-state index in [1.54, 1.807) is 4.90 Å². The van der Waals surface area contributed by atoms with Crippen LogP contribution in [-0.2, 0) is 9.47 Å². The molecular formula is C15H22N4O3. The van der Waals surface area contributed by atoms with Gasteiger partial charge in [0.05, 0.1) is 17.8 Å². The van der Waals surface area contributed by atoms with Gasteiger partial charge in [-0.25, -0.2) is 9.48 Å². The summed E-state index contributed by atoms with van der Waals surface area (Å²) in [6.07, 6.45) is 7.57. The van der Waals surface area contributed by atoms with Gasteiger partial charge in [0.15, 0.2) is 0 Å². The number of likely N-dealkylation sites (tertiary alicyclic amines) is 1. The minimum atomic E-state index is -0.243. The Labute approximate surface area is 129 Å². The van der Waals surface area contributed by atoms with E-state index >= 15 is 0 Å². The molecular weight excluding hydrogens is 284 g/mol. The molecule has 1 amide bonds. The second-order valence-electron chi connectivity index (χ2n) is 6.52. The third-order valence-corrected chi connectivity index (χ3v) is 4.68. The average Bonchev–Trinajstić information content (AvgIpc) is 3.24. The molecule has 2 aliphatic heterocycles. The number of hydrogen-bond donors (Lipinski definition) is 0. The van der Waals surface area contributed by atoms with Crippen LogP contribution in [0.15, 0.2) is 6.20 Å². The highest BCUT2D eigenvalue weighted by Crippen LogP contribution is 2.39. The first-order valence-electron chi connectivity index (χ1n) is 8.24. The van der Waals surface area contributed by atoms with Crippen LogP contribution in [0.4, 0.5) is 4.79 Å². The second kappa shape index (κ2) is 5.87. The number of nitrogens with zero attached hydrogens (tertiary/aromatic N) is 4. The summed E-state index contributed by atoms with van der Waals surface area (Å²) < 4.78 is 12.8. The summed E-state index contributed by atoms with van der Waals surface area (Å²) in [5.74, 6) is 0.616. The molecule has 3 aliphatic rings. The molecule has 3 fully saturated rings. The first-order chi connectivity index (χ1) is 10.8. The summed E-state index contributed by atoms with van der Waals surface area (Å²) in [5, 5.41) is 8.39. The third-order valence-electron chi connectivity index (χ3n) is 4.68. The number of aromatic nitrogens is 3. The molecule has 1 unspecified atom stereocenters. The summed E-state index contributed by atoms with van der Waals surface area (Å²) in [4.78, 5) is 13.7. The van der Waals surface area contributed by atoms with Crippen molar-refractivity contribution in [3.63, 3.8) is 0 Å². The van der Waals surface area contributed by atoms with Crippen molar-refractivity contribution < 1.29 is 14.3 Å². The van der Waals surface area contributed by atoms with Crippen LogP contribution in [0.5, 0.6) is 0 Å². The Kier molecular flexibility index (Phi) is 3.73. The molecule has 22 heavy (non-hydrogen) atoms. The molecule has 4 rings (SSSR count). The fourth-order valence-corrected chi connectivity index (χ4v) is 3.00. The smallest absolute Gasteiger partial charge is 0.409 e. The quantitative estimate of drug-likeness (QED) is 0.847. The van der Waals surface area contributed by atoms with E-state index in [9.17, 15) is 4.79 Å². The van der Waals surface area contributed by atoms with Gasteiger partial charge < -0.3 is 14.4 Å². The maximum absolute atomic E-state index is 12.0. The molecule has 1 aromatic heterocycles. The molecule has 7 nitrogen and oxygen atoms in total. The monoisotopic (exact) mass is 306 g/mol. The van der Waals surface area contributed by atoms with Crippen LogP contribution in [0, 0.1) is 0 Å². The van der Waals surface area contributed by atoms with Crippen molar-refractivity contribution in [3.05, 3.63) is 11.9 Å². The fourth-order valence-electron chi connectivity index (χ4n) is 3.00. The molecule has 1 saturated carbocycles. The van der Waals surface area contributed by atoms with Crippen molar-refractivity contribution in [2.45, 2.75) is 50.2 Å². The van der Waals surface area contributed by atoms with Gasteiger partial charge in [0.25, 0.3) is 0 Å². The van der Waals surface area contributed by atoms with Crippen molar-refractivity contribution in [2.24, 2.45) is 0 Å². The maximum Gasteiger partial charge on any atom is 0.409 e. The molecule has 0 N–H and O–H groups in total. The second-order valence-corrected chi connectivity index (χ2v) is 6.52. The Balaban J connectivity index is 1.21. The van der Waals surface area contributed by atoms with E-state index in [1.807, 2.05) is 10.9 Å². The number of ether oxygens (including phenoxy) is 2. The van der Waals surface area contributed by atoms with Crippen LogP contribution >= 0.6 is 0 Å². The summed E-state index contributed by atoms with van der Waals surface area (Å²) in [6.45, 7) is 2.45. The van der Waals surface area contributed by atoms with Gasteiger partial charge in [-0.2, -0.15) is 0 Å². The van der Waals surface area contributed by atoms with Gasteiger partial charge in [0.1, 0.15) is 6.61 Å². The van der Waals surface area contributed by atoms with E-state index in [0.29, 0.717) is 25.6 Å². The summed E-state index contributed by atoms with van der Waals surface area (Å²) in [5.41, 5.74) is 1.09. The van der Waals surface area contributed by atoms with E-state index in [4.69, 9.17) is 9.47 Å². The first-order valence-corrected chi connectivity index (χ1v) is 8.24. The van der Waals surface area contributed by atoms with Crippen molar-refractivity contribution in [1.82, 2.24) is 19.9 Å². The molecule has 0 bridgehead atoms. The van der Waals surface area contributed by atoms with Crippen LogP contribution < -0.4 is 0 Å². The maximum atomic E-state index is 12.0. The molecule has 7 heteroatoms. The molecule has 0 aromatic carbocycles. The molecule has 1 aromatic rings. The van der Waals surface area contributed by atoms with E-state index in [1.165, 1.54) is 12.8 Å². The number of carbonyl (C=O) groups excluding carboxylic acids is 1. The average molecular weight is 306 g/mol. The zero-order chi connectivity index (χ0) is 14.9. The molecule has 2 saturated heterocycles. The highest BCUT2D eigenvalue weighted by Gasteiger charge is 2.35. The summed E-state index contributed by atoms with van der Waals surface area (Å²) >= 11 is 0. The van der Waals surface area contributed by atoms with Crippen LogP contribution in [0.25, 0.3) is 0 Å². The van der Waals surface area contributed by atoms with Gasteiger partial charge in [0.2, 0.25) is 0 Å². The summed E-state index contributed by atoms with van der Waals surface area (Å²) in [6, 6.07) is 0.235. The predicted molar refractivity (Wildman–Crippen MR) is 77.5 cm³/mol. The topological polar surface area (TPSA) is 69.5 Å². The Morgan fingerprint density at radius 1 is 1.32 bits per heavy atom. The molecule has 0 spiro atoms. The minimum absolute atomic E-state index is 0.0752. The number of carbonyl (C=O) groups is 1. The van der Waals surface area contributed by atoms with Crippen LogP contribution in [0.1, 0.15) is 49.8 Å². The van der Waals surface area contributed by atoms with E-state index in [0.717, 1.165) is 31.6 Å². The molecule has 0 radical (unpaired) electrons. The van der Waals surface area contributed by atoms with Crippen LogP contribution in [0.3, 0.4) is 0 Å². The van der Waals surface area contributed by atoms with Crippen molar-refractivity contribution >= 4 is 6.09 Å². The van der Waals surface area contributed by atoms with Gasteiger partial charge in [0, 0.05) is 31.8 Å². The van der Waals surface area contributed by atoms with E-state index < -0.39 is 0 Å². The van der Waals surface area contributed by atoms with Crippen LogP contribution in [-0.4, -0.2) is 58.4 Å². The Morgan fingerprint density at radius 3 is 2.91 bits per heavy atom. The normalized spacial score (nSPS) is 25.8. The fraction of sp³-hybridized carbons (Fsp3) is 0.800. The molecule has 120 valence electrons. The van der Waals surface area contributed by atoms with Gasteiger partial charge in [-0.3, -0.25) is 0 Å². The standard InChI is InChI=1S/C15H22N4O3/c20-15(22-10-13-3-1-2-6-21-13)18-7-12(8-18)19-9-14(16-17-19)11-4-5-11/h9,11-13H,1-8,10H2. The Hall–Kier alpha value is -1.63. The first kappa shape index (κ1) is 14.0. The molecule has 1 aliphatic carbocycles. The van der Waals surface area contributed by atoms with Gasteiger partial charge >= 0.3 is 6.09 Å². The number of rotatable bonds is 4. The van der Waals surface area contributed by atoms with E-state index in [2.05, 4.69) is 10.3 Å². The van der Waals surface area contributed by atoms with Crippen molar-refractivity contribution in [3.8, 4) is 0 Å². The Bertz CT molecular complexity index is 531. The minimum Gasteiger partial charge on any atom is -0.447 e. The lowest BCUT2D eigenvalue weighted by molar-refractivity contribution is -0.0339. The summed E-state index contributed by atoms with van der Waals surface area (Å²) in [7, 11) is 0. The highest BCUT2D eigenvalue weighted by atomic mass is 16.6. The molecule has 1 atom stereocenters. The van der Waals surface area contributed by atoms with Crippen LogP contribution in [0.2, 0.25) is 0 Å². The Morgan fingerprint density at radius 2 is 2.18 bits per heavy atom. The van der Waals surface area contributed by atoms with Crippen molar-refractivity contribution in [2.75, 3.05) is 26.3 Å². The zero-order valence-electron chi connectivity index (χ0n) is 12.7. The number of amides is 1. The third kappa shape index (κ3) is 2.95. The lowest BCUT2D eigenvalue weighted by atomic mass is 10.1. The lowest BCUT2D eigenvalue weighted by Crippen LogP contribution is -2.51. The van der Waals surface area contributed by atoms with Gasteiger partial charge in [-0.15, -0.1) is 5.10 Å². The highest BCUT2D eigenvalue weighted by molar-refractivity contribution is 5.68.